The normalized spacial score (nSPS) is 20.5. The van der Waals surface area contributed by atoms with E-state index in [1.807, 2.05) is 0 Å². The highest BCUT2D eigenvalue weighted by atomic mass is 32.2. The van der Waals surface area contributed by atoms with Gasteiger partial charge < -0.3 is 25.4 Å². The van der Waals surface area contributed by atoms with Crippen LogP contribution in [0.1, 0.15) is 5.69 Å². The fraction of sp³-hybridized carbons (Fsp3) is 0.278. The molecule has 4 rings (SSSR count). The minimum atomic E-state index is -1.21. The number of fused-ring (bicyclic) bond motifs is 1. The van der Waals surface area contributed by atoms with Crippen LogP contribution in [-0.2, 0) is 25.8 Å². The molecule has 2 amide bonds. The van der Waals surface area contributed by atoms with Gasteiger partial charge in [-0.25, -0.2) is 4.79 Å². The monoisotopic (exact) mass is 460 g/mol. The highest BCUT2D eigenvalue weighted by molar-refractivity contribution is 8.00. The smallest absolute Gasteiger partial charge is 0.352 e. The van der Waals surface area contributed by atoms with Gasteiger partial charge in [0, 0.05) is 11.3 Å². The molecule has 2 aliphatic heterocycles. The van der Waals surface area contributed by atoms with Crippen molar-refractivity contribution >= 4 is 41.3 Å². The number of carboxylic acids is 1. The molecule has 0 spiro atoms. The molecule has 166 valence electrons. The van der Waals surface area contributed by atoms with Crippen molar-refractivity contribution in [2.24, 2.45) is 5.16 Å². The summed E-state index contributed by atoms with van der Waals surface area (Å²) in [7, 11) is 1.25. The highest BCUT2D eigenvalue weighted by Gasteiger charge is 2.54. The van der Waals surface area contributed by atoms with Crippen LogP contribution in [-0.4, -0.2) is 67.7 Å². The molecule has 0 radical (unpaired) electrons. The molecule has 2 aliphatic rings. The number of oxime groups is 1. The summed E-state index contributed by atoms with van der Waals surface area (Å²) < 4.78 is 6.66. The summed E-state index contributed by atoms with van der Waals surface area (Å²) in [6.07, 6.45) is 7.71. The number of oxazole rings is 1. The number of β-lactam (4-membered cyclic amide) rings is 1. The quantitative estimate of drug-likeness (QED) is 0.195. The minimum absolute atomic E-state index is 0.0320. The van der Waals surface area contributed by atoms with Gasteiger partial charge in [-0.3, -0.25) is 19.5 Å². The molecule has 32 heavy (non-hydrogen) atoms. The third-order valence-corrected chi connectivity index (χ3v) is 6.10. The van der Waals surface area contributed by atoms with Crippen LogP contribution in [0.2, 0.25) is 0 Å². The zero-order valence-corrected chi connectivity index (χ0v) is 17.5. The summed E-state index contributed by atoms with van der Waals surface area (Å²) in [6.45, 7) is 0.295. The summed E-state index contributed by atoms with van der Waals surface area (Å²) in [5.74, 6) is -2.12. The second-order valence-corrected chi connectivity index (χ2v) is 7.83. The van der Waals surface area contributed by atoms with E-state index in [0.29, 0.717) is 17.9 Å². The van der Waals surface area contributed by atoms with E-state index in [4.69, 9.17) is 10.2 Å². The molecule has 0 bridgehead atoms. The van der Waals surface area contributed by atoms with Crippen LogP contribution in [0.4, 0.5) is 6.01 Å². The molecule has 4 heterocycles. The average Bonchev–Trinajstić information content (AvgIpc) is 3.21. The molecule has 2 aromatic heterocycles. The Balaban J connectivity index is 1.53. The molecule has 0 aliphatic carbocycles. The first kappa shape index (κ1) is 21.3. The van der Waals surface area contributed by atoms with Gasteiger partial charge in [0.15, 0.2) is 24.7 Å². The number of amides is 2. The Hall–Kier alpha value is -3.94. The molecular weight excluding hydrogens is 442 g/mol. The first-order chi connectivity index (χ1) is 15.4. The summed E-state index contributed by atoms with van der Waals surface area (Å²) in [5, 5.41) is 15.4. The van der Waals surface area contributed by atoms with E-state index in [-0.39, 0.29) is 23.1 Å². The summed E-state index contributed by atoms with van der Waals surface area (Å²) in [6, 6.07) is -1.11. The Morgan fingerprint density at radius 1 is 1.47 bits per heavy atom. The van der Waals surface area contributed by atoms with Crippen LogP contribution in [0, 0.1) is 0 Å². The van der Waals surface area contributed by atoms with Gasteiger partial charge in [0.05, 0.1) is 12.4 Å². The fourth-order valence-corrected chi connectivity index (χ4v) is 4.72. The fourth-order valence-electron chi connectivity index (χ4n) is 3.38. The van der Waals surface area contributed by atoms with Gasteiger partial charge in [0.25, 0.3) is 17.8 Å². The standard InChI is InChI=1S/C18H17N7O6S/c1-30-23-11(10-7-31-18(19)21-10)14(26)22-12-15(27)25-13(17(28)29)9(8-32-16(12)25)6-24-4-2-20-3-5-24/h2-5,7,12,16H,6,8H2,1H3,(H3-,19,21,22,26,28,29)/p+1/b23-11-/t12?,16-/m1/s1. The second-order valence-electron chi connectivity index (χ2n) is 6.73. The number of nitrogens with one attached hydrogen (secondary N) is 1. The first-order valence-electron chi connectivity index (χ1n) is 9.23. The maximum Gasteiger partial charge on any atom is 0.352 e. The number of rotatable bonds is 7. The van der Waals surface area contributed by atoms with Crippen LogP contribution in [0.5, 0.6) is 0 Å². The molecule has 0 aromatic carbocycles. The van der Waals surface area contributed by atoms with Crippen LogP contribution in [0.15, 0.2) is 51.9 Å². The van der Waals surface area contributed by atoms with E-state index in [1.54, 1.807) is 29.4 Å². The predicted molar refractivity (Wildman–Crippen MR) is 109 cm³/mol. The van der Waals surface area contributed by atoms with Crippen LogP contribution in [0.3, 0.4) is 0 Å². The average molecular weight is 460 g/mol. The van der Waals surface area contributed by atoms with Crippen molar-refractivity contribution in [2.75, 3.05) is 18.6 Å². The molecule has 0 saturated carbocycles. The SMILES string of the molecule is CO/N=C(\C(=O)NC1C(=O)N2C(C(=O)O)=C(C[n+]3ccncc3)CS[C@H]12)c1coc(N)n1. The Labute approximate surface area is 184 Å². The van der Waals surface area contributed by atoms with Crippen molar-refractivity contribution in [1.82, 2.24) is 20.2 Å². The number of carbonyl (C=O) groups is 3. The second kappa shape index (κ2) is 8.66. The molecule has 14 heteroatoms. The van der Waals surface area contributed by atoms with Crippen LogP contribution < -0.4 is 15.6 Å². The van der Waals surface area contributed by atoms with E-state index >= 15 is 0 Å². The van der Waals surface area contributed by atoms with Gasteiger partial charge in [-0.2, -0.15) is 9.55 Å². The molecule has 2 aromatic rings. The summed E-state index contributed by atoms with van der Waals surface area (Å²) in [5.41, 5.74) is 5.73. The zero-order valence-electron chi connectivity index (χ0n) is 16.7. The maximum absolute atomic E-state index is 12.8. The molecule has 4 N–H and O–H groups in total. The topological polar surface area (TPSA) is 177 Å². The van der Waals surface area contributed by atoms with Gasteiger partial charge in [0.2, 0.25) is 0 Å². The van der Waals surface area contributed by atoms with Crippen LogP contribution in [0.25, 0.3) is 0 Å². The number of nitrogen functional groups attached to an aromatic ring is 1. The third kappa shape index (κ3) is 3.87. The Kier molecular flexibility index (Phi) is 5.77. The number of aliphatic carboxylic acids is 1. The van der Waals surface area contributed by atoms with Gasteiger partial charge in [-0.05, 0) is 0 Å². The number of anilines is 1. The third-order valence-electron chi connectivity index (χ3n) is 4.76. The zero-order chi connectivity index (χ0) is 22.8. The number of thioether (sulfide) groups is 1. The number of nitrogens with two attached hydrogens (primary N) is 1. The van der Waals surface area contributed by atoms with Crippen molar-refractivity contribution < 1.29 is 33.3 Å². The number of carbonyl (C=O) groups excluding carboxylic acids is 2. The Morgan fingerprint density at radius 2 is 2.22 bits per heavy atom. The van der Waals surface area contributed by atoms with Crippen molar-refractivity contribution in [3.8, 4) is 0 Å². The predicted octanol–water partition coefficient (Wildman–Crippen LogP) is -1.27. The number of hydrogen-bond donors (Lipinski definition) is 3. The Morgan fingerprint density at radius 3 is 2.84 bits per heavy atom. The van der Waals surface area contributed by atoms with E-state index < -0.39 is 29.2 Å². The largest absolute Gasteiger partial charge is 0.477 e. The minimum Gasteiger partial charge on any atom is -0.477 e. The molecular formula is C18H18N7O6S+. The lowest BCUT2D eigenvalue weighted by atomic mass is 10.0. The lowest BCUT2D eigenvalue weighted by molar-refractivity contribution is -0.689. The van der Waals surface area contributed by atoms with Gasteiger partial charge in [-0.1, -0.05) is 5.16 Å². The molecule has 1 saturated heterocycles. The lowest BCUT2D eigenvalue weighted by Gasteiger charge is -2.49. The maximum atomic E-state index is 12.8. The number of aromatic nitrogens is 3. The first-order valence-corrected chi connectivity index (χ1v) is 10.3. The summed E-state index contributed by atoms with van der Waals surface area (Å²) in [4.78, 5) is 51.2. The van der Waals surface area contributed by atoms with Gasteiger partial charge >= 0.3 is 5.97 Å². The van der Waals surface area contributed by atoms with E-state index in [0.717, 1.165) is 6.26 Å². The van der Waals surface area contributed by atoms with E-state index in [1.165, 1.54) is 23.8 Å². The molecule has 1 fully saturated rings. The lowest BCUT2D eigenvalue weighted by Crippen LogP contribution is -2.71. The van der Waals surface area contributed by atoms with Crippen molar-refractivity contribution in [3.63, 3.8) is 0 Å². The molecule has 13 nitrogen and oxygen atoms in total. The summed E-state index contributed by atoms with van der Waals surface area (Å²) >= 11 is 1.36. The number of carboxylic acid groups (broad SMARTS) is 1. The van der Waals surface area contributed by atoms with Crippen molar-refractivity contribution in [1.29, 1.82) is 0 Å². The van der Waals surface area contributed by atoms with E-state index in [9.17, 15) is 19.5 Å². The van der Waals surface area contributed by atoms with Crippen molar-refractivity contribution in [3.05, 3.63) is 48.0 Å². The number of hydrogen-bond acceptors (Lipinski definition) is 10. The molecule has 1 unspecified atom stereocenters. The molecule has 2 atom stereocenters. The van der Waals surface area contributed by atoms with Gasteiger partial charge in [0.1, 0.15) is 36.2 Å². The van der Waals surface area contributed by atoms with Crippen molar-refractivity contribution in [2.45, 2.75) is 18.0 Å². The Bertz CT molecular complexity index is 1130. The number of nitrogens with zero attached hydrogens (tertiary/aromatic N) is 5. The van der Waals surface area contributed by atoms with Crippen LogP contribution >= 0.6 is 11.8 Å². The van der Waals surface area contributed by atoms with Gasteiger partial charge in [-0.15, -0.1) is 11.8 Å². The van der Waals surface area contributed by atoms with E-state index in [2.05, 4.69) is 25.3 Å². The highest BCUT2D eigenvalue weighted by Crippen LogP contribution is 2.40.